The van der Waals surface area contributed by atoms with Crippen molar-refractivity contribution < 1.29 is 23.8 Å². The van der Waals surface area contributed by atoms with Crippen LogP contribution in [0.3, 0.4) is 0 Å². The molecule has 10 heteroatoms. The predicted molar refractivity (Wildman–Crippen MR) is 148 cm³/mol. The highest BCUT2D eigenvalue weighted by Gasteiger charge is 2.57. The lowest BCUT2D eigenvalue weighted by atomic mass is 10.2. The number of rotatable bonds is 8. The van der Waals surface area contributed by atoms with Gasteiger partial charge in [0, 0.05) is 31.7 Å². The van der Waals surface area contributed by atoms with Crippen molar-refractivity contribution in [2.45, 2.75) is 63.3 Å². The lowest BCUT2D eigenvalue weighted by Gasteiger charge is -2.36. The number of nitrogens with one attached hydrogen (secondary N) is 1. The Kier molecular flexibility index (Phi) is 6.63. The van der Waals surface area contributed by atoms with E-state index in [-0.39, 0.29) is 11.9 Å². The number of hydrogen-bond acceptors (Lipinski definition) is 8. The Morgan fingerprint density at radius 3 is 2.46 bits per heavy atom. The van der Waals surface area contributed by atoms with Crippen molar-refractivity contribution >= 4 is 33.6 Å². The first-order chi connectivity index (χ1) is 18.7. The number of likely N-dealkylation sites (tertiary alicyclic amines) is 2. The van der Waals surface area contributed by atoms with Crippen LogP contribution in [0.15, 0.2) is 48.5 Å². The number of alkyl carbamates (subject to hydrolysis) is 1. The van der Waals surface area contributed by atoms with E-state index in [2.05, 4.69) is 15.2 Å². The number of benzene rings is 2. The molecule has 3 aliphatic rings. The summed E-state index contributed by atoms with van der Waals surface area (Å²) in [6.45, 7) is 8.35. The van der Waals surface area contributed by atoms with Gasteiger partial charge in [-0.25, -0.2) is 9.78 Å². The maximum Gasteiger partial charge on any atom is 0.408 e. The molecule has 2 amide bonds. The zero-order chi connectivity index (χ0) is 27.2. The minimum atomic E-state index is -0.788. The molecule has 6 rings (SSSR count). The molecule has 1 N–H and O–H groups in total. The van der Waals surface area contributed by atoms with E-state index in [0.29, 0.717) is 37.2 Å². The lowest BCUT2D eigenvalue weighted by molar-refractivity contribution is -0.137. The number of piperazine rings is 1. The number of nitrogens with zero attached hydrogens (tertiary/aromatic N) is 3. The molecule has 0 radical (unpaired) electrons. The highest BCUT2D eigenvalue weighted by Crippen LogP contribution is 2.41. The third-order valence-corrected chi connectivity index (χ3v) is 8.38. The number of ether oxygens (including phenoxy) is 3. The molecule has 3 aromatic rings. The molecule has 206 valence electrons. The summed E-state index contributed by atoms with van der Waals surface area (Å²) in [6.07, 6.45) is 1.78. The molecule has 2 bridgehead atoms. The first-order valence-corrected chi connectivity index (χ1v) is 14.3. The Morgan fingerprint density at radius 1 is 1.05 bits per heavy atom. The molecular weight excluding hydrogens is 516 g/mol. The molecule has 1 aromatic heterocycles. The SMILES string of the molecule is CC(C)(C)OC(=O)NC1(C(=O)N2C[C@@H]3C[C@H]2CN3CCOc2ccc(Oc3nc4ccccc4s3)cc2)CC1. The number of aromatic nitrogens is 1. The van der Waals surface area contributed by atoms with Crippen LogP contribution in [-0.2, 0) is 9.53 Å². The van der Waals surface area contributed by atoms with E-state index in [1.807, 2.05) is 74.2 Å². The molecule has 2 aromatic carbocycles. The topological polar surface area (TPSA) is 93.2 Å². The Labute approximate surface area is 232 Å². The number of amides is 2. The van der Waals surface area contributed by atoms with Gasteiger partial charge >= 0.3 is 6.09 Å². The number of carbonyl (C=O) groups is 2. The summed E-state index contributed by atoms with van der Waals surface area (Å²) in [6, 6.07) is 16.1. The minimum absolute atomic E-state index is 0.0323. The fourth-order valence-corrected chi connectivity index (χ4v) is 6.28. The number of para-hydroxylation sites is 1. The summed E-state index contributed by atoms with van der Waals surface area (Å²) < 4.78 is 18.4. The monoisotopic (exact) mass is 550 g/mol. The quantitative estimate of drug-likeness (QED) is 0.430. The second-order valence-electron chi connectivity index (χ2n) is 11.6. The van der Waals surface area contributed by atoms with Gasteiger partial charge in [-0.1, -0.05) is 23.5 Å². The highest BCUT2D eigenvalue weighted by atomic mass is 32.1. The van der Waals surface area contributed by atoms with Crippen LogP contribution < -0.4 is 14.8 Å². The number of carbonyl (C=O) groups excluding carboxylic acids is 2. The van der Waals surface area contributed by atoms with Crippen molar-refractivity contribution in [2.75, 3.05) is 26.2 Å². The van der Waals surface area contributed by atoms with Crippen LogP contribution in [0.25, 0.3) is 10.2 Å². The first-order valence-electron chi connectivity index (χ1n) is 13.5. The third kappa shape index (κ3) is 5.67. The molecule has 0 spiro atoms. The lowest BCUT2D eigenvalue weighted by Crippen LogP contribution is -2.57. The van der Waals surface area contributed by atoms with Gasteiger partial charge in [0.25, 0.3) is 5.19 Å². The van der Waals surface area contributed by atoms with Crippen molar-refractivity contribution in [1.29, 1.82) is 0 Å². The van der Waals surface area contributed by atoms with Crippen LogP contribution in [0.1, 0.15) is 40.0 Å². The highest BCUT2D eigenvalue weighted by molar-refractivity contribution is 7.20. The largest absolute Gasteiger partial charge is 0.492 e. The standard InChI is InChI=1S/C29H34N4O5S/c1-28(2,3)38-26(35)31-29(12-13-29)25(34)33-18-19-16-20(33)17-32(19)14-15-36-21-8-10-22(11-9-21)37-27-30-23-6-4-5-7-24(23)39-27/h4-11,19-20H,12-18H2,1-3H3,(H,31,35)/t19-,20-/m0/s1. The van der Waals surface area contributed by atoms with Gasteiger partial charge in [-0.15, -0.1) is 0 Å². The third-order valence-electron chi connectivity index (χ3n) is 7.46. The van der Waals surface area contributed by atoms with Gasteiger partial charge in [-0.05, 0) is 76.4 Å². The molecule has 9 nitrogen and oxygen atoms in total. The van der Waals surface area contributed by atoms with E-state index < -0.39 is 17.2 Å². The summed E-state index contributed by atoms with van der Waals surface area (Å²) in [5, 5.41) is 3.47. The van der Waals surface area contributed by atoms with Gasteiger partial charge in [-0.2, -0.15) is 0 Å². The molecule has 3 fully saturated rings. The van der Waals surface area contributed by atoms with Crippen molar-refractivity contribution in [1.82, 2.24) is 20.1 Å². The van der Waals surface area contributed by atoms with Crippen molar-refractivity contribution in [3.05, 3.63) is 48.5 Å². The zero-order valence-electron chi connectivity index (χ0n) is 22.5. The van der Waals surface area contributed by atoms with Gasteiger partial charge in [0.1, 0.15) is 29.2 Å². The Bertz CT molecular complexity index is 1330. The second kappa shape index (κ2) is 9.98. The average molecular weight is 551 g/mol. The molecule has 2 aliphatic heterocycles. The summed E-state index contributed by atoms with van der Waals surface area (Å²) in [5.41, 5.74) is -0.445. The normalized spacial score (nSPS) is 21.7. The smallest absolute Gasteiger partial charge is 0.408 e. The van der Waals surface area contributed by atoms with Crippen LogP contribution >= 0.6 is 11.3 Å². The molecule has 39 heavy (non-hydrogen) atoms. The first kappa shape index (κ1) is 25.9. The molecule has 2 saturated heterocycles. The molecule has 0 unspecified atom stereocenters. The predicted octanol–water partition coefficient (Wildman–Crippen LogP) is 4.81. The average Bonchev–Trinajstić information content (AvgIpc) is 3.21. The van der Waals surface area contributed by atoms with E-state index in [1.165, 1.54) is 11.3 Å². The Hall–Kier alpha value is -3.37. The Morgan fingerprint density at radius 2 is 1.79 bits per heavy atom. The van der Waals surface area contributed by atoms with Crippen LogP contribution in [0.4, 0.5) is 4.79 Å². The molecular formula is C29H34N4O5S. The van der Waals surface area contributed by atoms with Crippen LogP contribution in [0, 0.1) is 0 Å². The van der Waals surface area contributed by atoms with Crippen LogP contribution in [0.2, 0.25) is 0 Å². The van der Waals surface area contributed by atoms with E-state index in [0.717, 1.165) is 41.2 Å². The molecule has 1 saturated carbocycles. The minimum Gasteiger partial charge on any atom is -0.492 e. The number of fused-ring (bicyclic) bond motifs is 3. The summed E-state index contributed by atoms with van der Waals surface area (Å²) in [7, 11) is 0. The van der Waals surface area contributed by atoms with Crippen LogP contribution in [0.5, 0.6) is 16.7 Å². The van der Waals surface area contributed by atoms with Gasteiger partial charge in [0.2, 0.25) is 5.91 Å². The molecule has 3 heterocycles. The van der Waals surface area contributed by atoms with Crippen molar-refractivity contribution in [2.24, 2.45) is 0 Å². The number of hydrogen-bond donors (Lipinski definition) is 1. The summed E-state index contributed by atoms with van der Waals surface area (Å²) in [4.78, 5) is 34.5. The van der Waals surface area contributed by atoms with Gasteiger partial charge in [-0.3, -0.25) is 9.69 Å². The molecule has 1 aliphatic carbocycles. The van der Waals surface area contributed by atoms with E-state index in [9.17, 15) is 9.59 Å². The maximum atomic E-state index is 13.3. The van der Waals surface area contributed by atoms with Gasteiger partial charge < -0.3 is 24.4 Å². The van der Waals surface area contributed by atoms with Gasteiger partial charge in [0.05, 0.1) is 10.2 Å². The second-order valence-corrected chi connectivity index (χ2v) is 12.6. The fraction of sp³-hybridized carbons (Fsp3) is 0.483. The summed E-state index contributed by atoms with van der Waals surface area (Å²) >= 11 is 1.52. The number of thiazole rings is 1. The zero-order valence-corrected chi connectivity index (χ0v) is 23.3. The Balaban J connectivity index is 0.952. The summed E-state index contributed by atoms with van der Waals surface area (Å²) in [5.74, 6) is 1.54. The van der Waals surface area contributed by atoms with E-state index in [4.69, 9.17) is 14.2 Å². The maximum absolute atomic E-state index is 13.3. The van der Waals surface area contributed by atoms with Gasteiger partial charge in [0.15, 0.2) is 0 Å². The fourth-order valence-electron chi connectivity index (χ4n) is 5.44. The van der Waals surface area contributed by atoms with Crippen molar-refractivity contribution in [3.63, 3.8) is 0 Å². The molecule has 2 atom stereocenters. The van der Waals surface area contributed by atoms with E-state index in [1.54, 1.807) is 0 Å². The van der Waals surface area contributed by atoms with E-state index >= 15 is 0 Å². The van der Waals surface area contributed by atoms with Crippen LogP contribution in [-0.4, -0.2) is 76.2 Å². The van der Waals surface area contributed by atoms with Crippen molar-refractivity contribution in [3.8, 4) is 16.7 Å².